The van der Waals surface area contributed by atoms with Crippen molar-refractivity contribution in [2.45, 2.75) is 65.2 Å². The molecule has 154 valence electrons. The summed E-state index contributed by atoms with van der Waals surface area (Å²) < 4.78 is 5.28. The van der Waals surface area contributed by atoms with Gasteiger partial charge < -0.3 is 4.74 Å². The van der Waals surface area contributed by atoms with E-state index in [2.05, 4.69) is 46.8 Å². The highest BCUT2D eigenvalue weighted by atomic mass is 16.5. The number of ketones is 2. The number of aryl methyl sites for hydroxylation is 1. The minimum absolute atomic E-state index is 0.000338. The molecule has 1 atom stereocenters. The summed E-state index contributed by atoms with van der Waals surface area (Å²) in [6.07, 6.45) is 0.921. The van der Waals surface area contributed by atoms with Crippen molar-refractivity contribution in [1.29, 1.82) is 0 Å². The third kappa shape index (κ3) is 3.75. The molecule has 0 bridgehead atoms. The second kappa shape index (κ2) is 7.44. The van der Waals surface area contributed by atoms with Crippen LogP contribution in [0.15, 0.2) is 36.4 Å². The second-order valence-corrected chi connectivity index (χ2v) is 9.65. The maximum Gasteiger partial charge on any atom is 0.174 e. The van der Waals surface area contributed by atoms with Crippen molar-refractivity contribution in [3.8, 4) is 5.75 Å². The van der Waals surface area contributed by atoms with E-state index in [-0.39, 0.29) is 28.8 Å². The number of Topliss-reactive ketones (excluding diaryl/α,β-unsaturated/α-hetero) is 2. The van der Waals surface area contributed by atoms with E-state index >= 15 is 0 Å². The van der Waals surface area contributed by atoms with Crippen LogP contribution in [0.5, 0.6) is 5.75 Å². The molecule has 1 unspecified atom stereocenters. The molecule has 0 N–H and O–H groups in total. The van der Waals surface area contributed by atoms with Crippen molar-refractivity contribution in [3.05, 3.63) is 64.2 Å². The molecule has 3 nitrogen and oxygen atoms in total. The Morgan fingerprint density at radius 1 is 1.00 bits per heavy atom. The van der Waals surface area contributed by atoms with E-state index in [1.807, 2.05) is 13.0 Å². The predicted molar refractivity (Wildman–Crippen MR) is 117 cm³/mol. The van der Waals surface area contributed by atoms with Crippen molar-refractivity contribution in [2.75, 3.05) is 7.11 Å². The van der Waals surface area contributed by atoms with Gasteiger partial charge in [-0.05, 0) is 65.0 Å². The Bertz CT molecular complexity index is 966. The second-order valence-electron chi connectivity index (χ2n) is 9.65. The lowest BCUT2D eigenvalue weighted by Crippen LogP contribution is -2.40. The molecule has 0 spiro atoms. The van der Waals surface area contributed by atoms with Gasteiger partial charge in [0.2, 0.25) is 0 Å². The van der Waals surface area contributed by atoms with Crippen LogP contribution in [0.1, 0.15) is 84.9 Å². The van der Waals surface area contributed by atoms with E-state index in [0.29, 0.717) is 22.8 Å². The lowest BCUT2D eigenvalue weighted by atomic mass is 9.58. The minimum Gasteiger partial charge on any atom is -0.496 e. The van der Waals surface area contributed by atoms with Gasteiger partial charge in [0.15, 0.2) is 11.6 Å². The largest absolute Gasteiger partial charge is 0.496 e. The Balaban J connectivity index is 1.98. The van der Waals surface area contributed by atoms with Gasteiger partial charge in [-0.25, -0.2) is 0 Å². The van der Waals surface area contributed by atoms with E-state index in [1.54, 1.807) is 18.2 Å². The standard InChI is InChI=1S/C26H32O3/c1-16-12-21-20(25(3,4)15-17(2)26(21,5)6)13-19(16)23(28)14-22(27)18-10-8-9-11-24(18)29-7/h8-13,17H,14-15H2,1-7H3. The van der Waals surface area contributed by atoms with Gasteiger partial charge in [0.1, 0.15) is 5.75 Å². The van der Waals surface area contributed by atoms with E-state index in [4.69, 9.17) is 4.74 Å². The molecule has 0 aromatic heterocycles. The molecule has 2 aromatic carbocycles. The Kier molecular flexibility index (Phi) is 5.46. The van der Waals surface area contributed by atoms with E-state index in [1.165, 1.54) is 18.2 Å². The number of fused-ring (bicyclic) bond motifs is 1. The summed E-state index contributed by atoms with van der Waals surface area (Å²) in [6.45, 7) is 13.4. The summed E-state index contributed by atoms with van der Waals surface area (Å²) in [4.78, 5) is 25.9. The molecule has 1 aliphatic carbocycles. The van der Waals surface area contributed by atoms with Crippen LogP contribution in [0.25, 0.3) is 0 Å². The number of carbonyl (C=O) groups excluding carboxylic acids is 2. The molecule has 0 heterocycles. The number of hydrogen-bond donors (Lipinski definition) is 0. The van der Waals surface area contributed by atoms with Crippen LogP contribution in [0.2, 0.25) is 0 Å². The normalized spacial score (nSPS) is 19.3. The van der Waals surface area contributed by atoms with Gasteiger partial charge in [0, 0.05) is 5.56 Å². The van der Waals surface area contributed by atoms with Crippen molar-refractivity contribution in [3.63, 3.8) is 0 Å². The zero-order chi connectivity index (χ0) is 21.6. The molecule has 2 aromatic rings. The maximum atomic E-state index is 13.1. The first-order valence-electron chi connectivity index (χ1n) is 10.3. The Morgan fingerprint density at radius 3 is 2.28 bits per heavy atom. The van der Waals surface area contributed by atoms with Gasteiger partial charge >= 0.3 is 0 Å². The van der Waals surface area contributed by atoms with Gasteiger partial charge in [0.05, 0.1) is 19.1 Å². The first-order chi connectivity index (χ1) is 13.5. The summed E-state index contributed by atoms with van der Waals surface area (Å²) in [6, 6.07) is 11.3. The fourth-order valence-electron chi connectivity index (χ4n) is 4.71. The molecule has 0 aliphatic heterocycles. The predicted octanol–water partition coefficient (Wildman–Crippen LogP) is 6.05. The number of hydrogen-bond acceptors (Lipinski definition) is 3. The summed E-state index contributed by atoms with van der Waals surface area (Å²) in [5, 5.41) is 0. The molecular formula is C26H32O3. The highest BCUT2D eigenvalue weighted by Gasteiger charge is 2.42. The van der Waals surface area contributed by atoms with Crippen LogP contribution in [0, 0.1) is 12.8 Å². The monoisotopic (exact) mass is 392 g/mol. The van der Waals surface area contributed by atoms with Gasteiger partial charge in [0.25, 0.3) is 0 Å². The van der Waals surface area contributed by atoms with Gasteiger partial charge in [-0.15, -0.1) is 0 Å². The fourth-order valence-corrected chi connectivity index (χ4v) is 4.71. The molecular weight excluding hydrogens is 360 g/mol. The first-order valence-corrected chi connectivity index (χ1v) is 10.3. The highest BCUT2D eigenvalue weighted by Crippen LogP contribution is 2.49. The maximum absolute atomic E-state index is 13.1. The van der Waals surface area contributed by atoms with Crippen LogP contribution in [-0.4, -0.2) is 18.7 Å². The Labute approximate surface area is 174 Å². The van der Waals surface area contributed by atoms with Gasteiger partial charge in [-0.2, -0.15) is 0 Å². The molecule has 3 heteroatoms. The van der Waals surface area contributed by atoms with Crippen LogP contribution < -0.4 is 4.74 Å². The van der Waals surface area contributed by atoms with Crippen LogP contribution in [0.3, 0.4) is 0 Å². The summed E-state index contributed by atoms with van der Waals surface area (Å²) in [5.74, 6) is 0.716. The van der Waals surface area contributed by atoms with Gasteiger partial charge in [-0.3, -0.25) is 9.59 Å². The number of rotatable bonds is 5. The molecule has 1 aliphatic rings. The smallest absolute Gasteiger partial charge is 0.174 e. The van der Waals surface area contributed by atoms with Crippen LogP contribution >= 0.6 is 0 Å². The Morgan fingerprint density at radius 2 is 1.62 bits per heavy atom. The molecule has 0 amide bonds. The van der Waals surface area contributed by atoms with Crippen molar-refractivity contribution >= 4 is 11.6 Å². The molecule has 0 radical (unpaired) electrons. The van der Waals surface area contributed by atoms with E-state index in [0.717, 1.165) is 12.0 Å². The lowest BCUT2D eigenvalue weighted by molar-refractivity contribution is 0.0892. The SMILES string of the molecule is COc1ccccc1C(=O)CC(=O)c1cc2c(cc1C)C(C)(C)C(C)CC2(C)C. The fraction of sp³-hybridized carbons (Fsp3) is 0.462. The molecule has 0 saturated heterocycles. The topological polar surface area (TPSA) is 43.4 Å². The highest BCUT2D eigenvalue weighted by molar-refractivity contribution is 6.15. The molecule has 0 fully saturated rings. The van der Waals surface area contributed by atoms with Crippen LogP contribution in [-0.2, 0) is 10.8 Å². The zero-order valence-electron chi connectivity index (χ0n) is 18.7. The average molecular weight is 393 g/mol. The summed E-state index contributed by atoms with van der Waals surface area (Å²) >= 11 is 0. The number of carbonyl (C=O) groups is 2. The third-order valence-electron chi connectivity index (χ3n) is 6.87. The van der Waals surface area contributed by atoms with Crippen molar-refractivity contribution in [1.82, 2.24) is 0 Å². The molecule has 0 saturated carbocycles. The molecule has 3 rings (SSSR count). The van der Waals surface area contributed by atoms with Crippen molar-refractivity contribution < 1.29 is 14.3 Å². The quantitative estimate of drug-likeness (QED) is 0.459. The van der Waals surface area contributed by atoms with E-state index in [9.17, 15) is 9.59 Å². The summed E-state index contributed by atoms with van der Waals surface area (Å²) in [5.41, 5.74) is 4.68. The minimum atomic E-state index is -0.210. The van der Waals surface area contributed by atoms with Crippen LogP contribution in [0.4, 0.5) is 0 Å². The van der Waals surface area contributed by atoms with Crippen molar-refractivity contribution in [2.24, 2.45) is 5.92 Å². The molecule has 29 heavy (non-hydrogen) atoms. The van der Waals surface area contributed by atoms with Gasteiger partial charge in [-0.1, -0.05) is 52.8 Å². The number of para-hydroxylation sites is 1. The number of methoxy groups -OCH3 is 1. The Hall–Kier alpha value is -2.42. The first kappa shape index (κ1) is 21.3. The lowest BCUT2D eigenvalue weighted by Gasteiger charge is -2.47. The number of benzene rings is 2. The zero-order valence-corrected chi connectivity index (χ0v) is 18.7. The summed E-state index contributed by atoms with van der Waals surface area (Å²) in [7, 11) is 1.53. The number of ether oxygens (including phenoxy) is 1. The van der Waals surface area contributed by atoms with E-state index < -0.39 is 0 Å². The third-order valence-corrected chi connectivity index (χ3v) is 6.87. The average Bonchev–Trinajstić information content (AvgIpc) is 2.65.